The van der Waals surface area contributed by atoms with Crippen molar-refractivity contribution in [1.82, 2.24) is 0 Å². The van der Waals surface area contributed by atoms with Crippen LogP contribution in [0.1, 0.15) is 0 Å². The van der Waals surface area contributed by atoms with Crippen molar-refractivity contribution in [1.29, 1.82) is 0 Å². The van der Waals surface area contributed by atoms with E-state index in [-0.39, 0.29) is 0 Å². The molecule has 0 saturated heterocycles. The van der Waals surface area contributed by atoms with Crippen LogP contribution in [0.2, 0.25) is 0 Å². The molecule has 0 atom stereocenters. The molecule has 63 valence electrons. The van der Waals surface area contributed by atoms with Gasteiger partial charge in [0, 0.05) is 14.1 Å². The Labute approximate surface area is 71.6 Å². The van der Waals surface area contributed by atoms with E-state index in [2.05, 4.69) is 4.74 Å². The number of anilines is 1. The molecule has 0 saturated carbocycles. The molecule has 0 aliphatic rings. The fourth-order valence-electron chi connectivity index (χ4n) is 0.958. The third-order valence-electron chi connectivity index (χ3n) is 1.50. The molecule has 0 aliphatic heterocycles. The highest BCUT2D eigenvalue weighted by atomic mass is 16.5. The van der Waals surface area contributed by atoms with Gasteiger partial charge in [-0.2, -0.15) is 0 Å². The Morgan fingerprint density at radius 2 is 2.00 bits per heavy atom. The Bertz CT molecular complexity index is 271. The predicted molar refractivity (Wildman–Crippen MR) is 47.1 cm³/mol. The first-order chi connectivity index (χ1) is 5.75. The molecule has 1 radical (unpaired) electrons. The molecular weight excluding hydrogens is 154 g/mol. The van der Waals surface area contributed by atoms with Crippen molar-refractivity contribution >= 4 is 12.2 Å². The number of ether oxygens (including phenoxy) is 1. The smallest absolute Gasteiger partial charge is 0.416 e. The molecule has 0 N–H and O–H groups in total. The van der Waals surface area contributed by atoms with E-state index >= 15 is 0 Å². The van der Waals surface area contributed by atoms with Gasteiger partial charge in [-0.3, -0.25) is 0 Å². The second-order valence-electron chi connectivity index (χ2n) is 2.55. The Balaban J connectivity index is 2.99. The molecule has 0 heterocycles. The van der Waals surface area contributed by atoms with Gasteiger partial charge in [0.15, 0.2) is 5.75 Å². The van der Waals surface area contributed by atoms with E-state index < -0.39 is 0 Å². The molecule has 0 aliphatic carbocycles. The minimum Gasteiger partial charge on any atom is -0.416 e. The van der Waals surface area contributed by atoms with Crippen molar-refractivity contribution < 1.29 is 9.53 Å². The summed E-state index contributed by atoms with van der Waals surface area (Å²) >= 11 is 0. The molecule has 12 heavy (non-hydrogen) atoms. The van der Waals surface area contributed by atoms with E-state index in [0.717, 1.165) is 5.69 Å². The van der Waals surface area contributed by atoms with Gasteiger partial charge in [-0.05, 0) is 12.1 Å². The lowest BCUT2D eigenvalue weighted by Gasteiger charge is -2.14. The summed E-state index contributed by atoms with van der Waals surface area (Å²) < 4.78 is 4.65. The molecule has 1 aromatic carbocycles. The quantitative estimate of drug-likeness (QED) is 0.672. The molecule has 0 unspecified atom stereocenters. The van der Waals surface area contributed by atoms with Crippen molar-refractivity contribution in [2.75, 3.05) is 19.0 Å². The van der Waals surface area contributed by atoms with Crippen LogP contribution >= 0.6 is 0 Å². The fraction of sp³-hybridized carbons (Fsp3) is 0.222. The maximum Gasteiger partial charge on any atom is 0.423 e. The van der Waals surface area contributed by atoms with Crippen molar-refractivity contribution in [3.05, 3.63) is 24.3 Å². The van der Waals surface area contributed by atoms with Crippen molar-refractivity contribution in [3.63, 3.8) is 0 Å². The maximum absolute atomic E-state index is 9.98. The Hall–Kier alpha value is -1.51. The number of hydrogen-bond donors (Lipinski definition) is 0. The van der Waals surface area contributed by atoms with Crippen LogP contribution in [0.15, 0.2) is 24.3 Å². The lowest BCUT2D eigenvalue weighted by atomic mass is 10.3. The Morgan fingerprint density at radius 1 is 1.33 bits per heavy atom. The van der Waals surface area contributed by atoms with Gasteiger partial charge in [-0.25, -0.2) is 4.79 Å². The van der Waals surface area contributed by atoms with Crippen LogP contribution in [-0.2, 0) is 4.79 Å². The second kappa shape index (κ2) is 3.76. The molecular formula is C9H10NO2. The summed E-state index contributed by atoms with van der Waals surface area (Å²) in [6.07, 6.45) is 0. The first-order valence-electron chi connectivity index (χ1n) is 3.56. The zero-order valence-corrected chi connectivity index (χ0v) is 7.07. The number of carbonyl (C=O) groups excluding carboxylic acids is 1. The first kappa shape index (κ1) is 8.59. The molecule has 3 heteroatoms. The summed E-state index contributed by atoms with van der Waals surface area (Å²) in [6, 6.07) is 7.28. The summed E-state index contributed by atoms with van der Waals surface area (Å²) in [7, 11) is 3.76. The number of rotatable bonds is 3. The topological polar surface area (TPSA) is 29.5 Å². The molecule has 0 spiro atoms. The van der Waals surface area contributed by atoms with Gasteiger partial charge in [0.1, 0.15) is 0 Å². The van der Waals surface area contributed by atoms with E-state index in [1.54, 1.807) is 12.1 Å². The molecule has 0 fully saturated rings. The normalized spacial score (nSPS) is 9.17. The van der Waals surface area contributed by atoms with Gasteiger partial charge in [0.05, 0.1) is 5.69 Å². The summed E-state index contributed by atoms with van der Waals surface area (Å²) in [5.74, 6) is 0.525. The van der Waals surface area contributed by atoms with Crippen LogP contribution in [0.5, 0.6) is 5.75 Å². The van der Waals surface area contributed by atoms with Gasteiger partial charge in [-0.15, -0.1) is 0 Å². The molecule has 3 nitrogen and oxygen atoms in total. The number of nitrogens with zero attached hydrogens (tertiary/aromatic N) is 1. The zero-order valence-electron chi connectivity index (χ0n) is 7.07. The van der Waals surface area contributed by atoms with Gasteiger partial charge < -0.3 is 9.64 Å². The number of hydrogen-bond acceptors (Lipinski definition) is 3. The monoisotopic (exact) mass is 164 g/mol. The van der Waals surface area contributed by atoms with Crippen LogP contribution in [0.25, 0.3) is 0 Å². The fourth-order valence-corrected chi connectivity index (χ4v) is 0.958. The van der Waals surface area contributed by atoms with Gasteiger partial charge in [0.2, 0.25) is 0 Å². The minimum absolute atomic E-state index is 0.525. The standard InChI is InChI=1S/C9H10NO2/c1-10(2)8-5-3-4-6-9(8)12-7-11/h3-6H,1-2H3. The van der Waals surface area contributed by atoms with Crippen LogP contribution < -0.4 is 9.64 Å². The second-order valence-corrected chi connectivity index (χ2v) is 2.55. The van der Waals surface area contributed by atoms with Gasteiger partial charge >= 0.3 is 6.47 Å². The molecule has 1 aromatic rings. The lowest BCUT2D eigenvalue weighted by molar-refractivity contribution is 0.443. The third-order valence-corrected chi connectivity index (χ3v) is 1.50. The van der Waals surface area contributed by atoms with Crippen molar-refractivity contribution in [3.8, 4) is 5.75 Å². The van der Waals surface area contributed by atoms with Gasteiger partial charge in [-0.1, -0.05) is 12.1 Å². The molecule has 1 rings (SSSR count). The van der Waals surface area contributed by atoms with Crippen molar-refractivity contribution in [2.45, 2.75) is 0 Å². The largest absolute Gasteiger partial charge is 0.423 e. The van der Waals surface area contributed by atoms with Crippen molar-refractivity contribution in [2.24, 2.45) is 0 Å². The molecule has 0 amide bonds. The van der Waals surface area contributed by atoms with Crippen LogP contribution in [0.4, 0.5) is 5.69 Å². The third kappa shape index (κ3) is 1.75. The highest BCUT2D eigenvalue weighted by molar-refractivity contribution is 5.61. The molecule has 0 aromatic heterocycles. The summed E-state index contributed by atoms with van der Waals surface area (Å²) in [5, 5.41) is 0. The summed E-state index contributed by atoms with van der Waals surface area (Å²) in [5.41, 5.74) is 0.862. The van der Waals surface area contributed by atoms with E-state index in [1.807, 2.05) is 31.1 Å². The average Bonchev–Trinajstić information content (AvgIpc) is 2.05. The Morgan fingerprint density at radius 3 is 2.58 bits per heavy atom. The zero-order chi connectivity index (χ0) is 8.97. The van der Waals surface area contributed by atoms with E-state index in [9.17, 15) is 4.79 Å². The maximum atomic E-state index is 9.98. The molecule has 0 bridgehead atoms. The van der Waals surface area contributed by atoms with Gasteiger partial charge in [0.25, 0.3) is 0 Å². The van der Waals surface area contributed by atoms with Crippen LogP contribution in [0, 0.1) is 0 Å². The minimum atomic E-state index is 0.525. The first-order valence-corrected chi connectivity index (χ1v) is 3.56. The SMILES string of the molecule is CN(C)c1ccccc1O[C]=O. The predicted octanol–water partition coefficient (Wildman–Crippen LogP) is 1.20. The Kier molecular flexibility index (Phi) is 2.69. The number of benzene rings is 1. The highest BCUT2D eigenvalue weighted by Gasteiger charge is 2.03. The van der Waals surface area contributed by atoms with E-state index in [0.29, 0.717) is 5.75 Å². The highest BCUT2D eigenvalue weighted by Crippen LogP contribution is 2.25. The lowest BCUT2D eigenvalue weighted by Crippen LogP contribution is -2.10. The van der Waals surface area contributed by atoms with E-state index in [4.69, 9.17) is 0 Å². The number of para-hydroxylation sites is 2. The van der Waals surface area contributed by atoms with Crippen LogP contribution in [-0.4, -0.2) is 20.6 Å². The summed E-state index contributed by atoms with van der Waals surface area (Å²) in [4.78, 5) is 11.9. The summed E-state index contributed by atoms with van der Waals surface area (Å²) in [6.45, 7) is 1.40. The average molecular weight is 164 g/mol. The van der Waals surface area contributed by atoms with E-state index in [1.165, 1.54) is 6.47 Å². The van der Waals surface area contributed by atoms with Crippen LogP contribution in [0.3, 0.4) is 0 Å².